The fourth-order valence-electron chi connectivity index (χ4n) is 2.22. The van der Waals surface area contributed by atoms with Crippen molar-refractivity contribution >= 4 is 23.0 Å². The molecular weight excluding hydrogens is 260 g/mol. The summed E-state index contributed by atoms with van der Waals surface area (Å²) in [5.74, 6) is 0.380. The maximum absolute atomic E-state index is 11.7. The SMILES string of the molecule is CCc1ccc(Nc2ccc(NC(=O)C3CC3)cc2)cc1. The van der Waals surface area contributed by atoms with Gasteiger partial charge in [-0.25, -0.2) is 0 Å². The van der Waals surface area contributed by atoms with Crippen molar-refractivity contribution in [1.29, 1.82) is 0 Å². The number of hydrogen-bond acceptors (Lipinski definition) is 2. The molecular formula is C18H20N2O. The summed E-state index contributed by atoms with van der Waals surface area (Å²) in [6.07, 6.45) is 3.11. The maximum atomic E-state index is 11.7. The fourth-order valence-corrected chi connectivity index (χ4v) is 2.22. The molecule has 2 N–H and O–H groups in total. The molecule has 1 aliphatic rings. The molecule has 3 heteroatoms. The average Bonchev–Trinajstić information content (AvgIpc) is 3.35. The highest BCUT2D eigenvalue weighted by Crippen LogP contribution is 2.30. The van der Waals surface area contributed by atoms with Gasteiger partial charge in [0.05, 0.1) is 0 Å². The van der Waals surface area contributed by atoms with Crippen molar-refractivity contribution in [1.82, 2.24) is 0 Å². The first-order valence-corrected chi connectivity index (χ1v) is 7.51. The van der Waals surface area contributed by atoms with Gasteiger partial charge in [0.25, 0.3) is 0 Å². The molecule has 1 amide bonds. The molecule has 21 heavy (non-hydrogen) atoms. The molecule has 0 heterocycles. The van der Waals surface area contributed by atoms with Crippen molar-refractivity contribution < 1.29 is 4.79 Å². The van der Waals surface area contributed by atoms with Gasteiger partial charge in [-0.15, -0.1) is 0 Å². The number of amides is 1. The number of rotatable bonds is 5. The van der Waals surface area contributed by atoms with Gasteiger partial charge in [0, 0.05) is 23.0 Å². The lowest BCUT2D eigenvalue weighted by molar-refractivity contribution is -0.117. The Morgan fingerprint density at radius 1 is 0.952 bits per heavy atom. The first kappa shape index (κ1) is 13.7. The van der Waals surface area contributed by atoms with Crippen LogP contribution in [-0.4, -0.2) is 5.91 Å². The summed E-state index contributed by atoms with van der Waals surface area (Å²) < 4.78 is 0. The molecule has 0 aromatic heterocycles. The normalized spacial score (nSPS) is 13.8. The predicted molar refractivity (Wildman–Crippen MR) is 86.9 cm³/mol. The minimum atomic E-state index is 0.144. The number of carbonyl (C=O) groups excluding carboxylic acids is 1. The van der Waals surface area contributed by atoms with Gasteiger partial charge < -0.3 is 10.6 Å². The highest BCUT2D eigenvalue weighted by molar-refractivity contribution is 5.94. The van der Waals surface area contributed by atoms with Gasteiger partial charge in [0.15, 0.2) is 0 Å². The van der Waals surface area contributed by atoms with Gasteiger partial charge in [-0.2, -0.15) is 0 Å². The highest BCUT2D eigenvalue weighted by Gasteiger charge is 2.29. The lowest BCUT2D eigenvalue weighted by atomic mass is 10.1. The van der Waals surface area contributed by atoms with Gasteiger partial charge >= 0.3 is 0 Å². The third-order valence-electron chi connectivity index (χ3n) is 3.75. The molecule has 2 aromatic rings. The number of nitrogens with one attached hydrogen (secondary N) is 2. The summed E-state index contributed by atoms with van der Waals surface area (Å²) in [6.45, 7) is 2.15. The summed E-state index contributed by atoms with van der Waals surface area (Å²) in [4.78, 5) is 11.7. The first-order chi connectivity index (χ1) is 10.2. The van der Waals surface area contributed by atoms with Crippen LogP contribution < -0.4 is 10.6 Å². The zero-order valence-electron chi connectivity index (χ0n) is 12.2. The Bertz CT molecular complexity index is 613. The first-order valence-electron chi connectivity index (χ1n) is 7.51. The van der Waals surface area contributed by atoms with E-state index < -0.39 is 0 Å². The van der Waals surface area contributed by atoms with Gasteiger partial charge in [0.2, 0.25) is 5.91 Å². The zero-order valence-corrected chi connectivity index (χ0v) is 12.2. The molecule has 3 rings (SSSR count). The van der Waals surface area contributed by atoms with Crippen molar-refractivity contribution in [2.45, 2.75) is 26.2 Å². The summed E-state index contributed by atoms with van der Waals surface area (Å²) >= 11 is 0. The predicted octanol–water partition coefficient (Wildman–Crippen LogP) is 4.34. The molecule has 108 valence electrons. The molecule has 2 aromatic carbocycles. The second-order valence-corrected chi connectivity index (χ2v) is 5.52. The number of carbonyl (C=O) groups is 1. The van der Waals surface area contributed by atoms with Crippen LogP contribution in [0.1, 0.15) is 25.3 Å². The third kappa shape index (κ3) is 3.63. The molecule has 0 bridgehead atoms. The van der Waals surface area contributed by atoms with Crippen LogP contribution in [0.5, 0.6) is 0 Å². The largest absolute Gasteiger partial charge is 0.356 e. The van der Waals surface area contributed by atoms with E-state index >= 15 is 0 Å². The Labute approximate surface area is 125 Å². The average molecular weight is 280 g/mol. The minimum Gasteiger partial charge on any atom is -0.356 e. The Kier molecular flexibility index (Phi) is 3.91. The molecule has 1 aliphatic carbocycles. The van der Waals surface area contributed by atoms with E-state index in [-0.39, 0.29) is 11.8 Å². The van der Waals surface area contributed by atoms with Crippen molar-refractivity contribution in [2.24, 2.45) is 5.92 Å². The van der Waals surface area contributed by atoms with E-state index in [4.69, 9.17) is 0 Å². The van der Waals surface area contributed by atoms with E-state index in [1.54, 1.807) is 0 Å². The van der Waals surface area contributed by atoms with Crippen LogP contribution in [0.2, 0.25) is 0 Å². The van der Waals surface area contributed by atoms with Crippen LogP contribution in [0.3, 0.4) is 0 Å². The molecule has 0 spiro atoms. The summed E-state index contributed by atoms with van der Waals surface area (Å²) in [5, 5.41) is 6.30. The minimum absolute atomic E-state index is 0.144. The molecule has 0 aliphatic heterocycles. The van der Waals surface area contributed by atoms with E-state index in [9.17, 15) is 4.79 Å². The fraction of sp³-hybridized carbons (Fsp3) is 0.278. The van der Waals surface area contributed by atoms with Gasteiger partial charge in [0.1, 0.15) is 0 Å². The molecule has 1 fully saturated rings. The van der Waals surface area contributed by atoms with Crippen molar-refractivity contribution in [3.05, 3.63) is 54.1 Å². The van der Waals surface area contributed by atoms with Gasteiger partial charge in [-0.05, 0) is 61.2 Å². The smallest absolute Gasteiger partial charge is 0.227 e. The Morgan fingerprint density at radius 2 is 1.48 bits per heavy atom. The van der Waals surface area contributed by atoms with Crippen LogP contribution >= 0.6 is 0 Å². The van der Waals surface area contributed by atoms with E-state index in [2.05, 4.69) is 41.8 Å². The number of anilines is 3. The molecule has 3 nitrogen and oxygen atoms in total. The Morgan fingerprint density at radius 3 is 2.00 bits per heavy atom. The van der Waals surface area contributed by atoms with Crippen LogP contribution in [0.15, 0.2) is 48.5 Å². The molecule has 1 saturated carbocycles. The number of aryl methyl sites for hydroxylation is 1. The molecule has 0 saturated heterocycles. The number of hydrogen-bond donors (Lipinski definition) is 2. The number of benzene rings is 2. The van der Waals surface area contributed by atoms with E-state index in [1.165, 1.54) is 5.56 Å². The lowest BCUT2D eigenvalue weighted by Gasteiger charge is -2.09. The van der Waals surface area contributed by atoms with Crippen LogP contribution in [0.4, 0.5) is 17.1 Å². The second kappa shape index (κ2) is 6.00. The topological polar surface area (TPSA) is 41.1 Å². The van der Waals surface area contributed by atoms with Crippen molar-refractivity contribution in [3.8, 4) is 0 Å². The lowest BCUT2D eigenvalue weighted by Crippen LogP contribution is -2.13. The van der Waals surface area contributed by atoms with E-state index in [0.717, 1.165) is 36.3 Å². The highest BCUT2D eigenvalue weighted by atomic mass is 16.2. The molecule has 0 radical (unpaired) electrons. The maximum Gasteiger partial charge on any atom is 0.227 e. The Hall–Kier alpha value is -2.29. The molecule has 0 unspecified atom stereocenters. The van der Waals surface area contributed by atoms with Gasteiger partial charge in [-0.3, -0.25) is 4.79 Å². The van der Waals surface area contributed by atoms with Crippen molar-refractivity contribution in [3.63, 3.8) is 0 Å². The van der Waals surface area contributed by atoms with Crippen LogP contribution in [-0.2, 0) is 11.2 Å². The van der Waals surface area contributed by atoms with Crippen LogP contribution in [0, 0.1) is 5.92 Å². The zero-order chi connectivity index (χ0) is 14.7. The Balaban J connectivity index is 1.61. The second-order valence-electron chi connectivity index (χ2n) is 5.52. The quantitative estimate of drug-likeness (QED) is 0.855. The summed E-state index contributed by atoms with van der Waals surface area (Å²) in [6, 6.07) is 16.3. The van der Waals surface area contributed by atoms with Crippen molar-refractivity contribution in [2.75, 3.05) is 10.6 Å². The third-order valence-corrected chi connectivity index (χ3v) is 3.75. The monoisotopic (exact) mass is 280 g/mol. The molecule has 0 atom stereocenters. The van der Waals surface area contributed by atoms with Gasteiger partial charge in [-0.1, -0.05) is 19.1 Å². The van der Waals surface area contributed by atoms with Crippen LogP contribution in [0.25, 0.3) is 0 Å². The van der Waals surface area contributed by atoms with E-state index in [1.807, 2.05) is 24.3 Å². The standard InChI is InChI=1S/C18H20N2O/c1-2-13-3-7-15(8-4-13)19-16-9-11-17(12-10-16)20-18(21)14-5-6-14/h3-4,7-12,14,19H,2,5-6H2,1H3,(H,20,21). The summed E-state index contributed by atoms with van der Waals surface area (Å²) in [5.41, 5.74) is 4.28. The van der Waals surface area contributed by atoms with E-state index in [0.29, 0.717) is 0 Å². The summed E-state index contributed by atoms with van der Waals surface area (Å²) in [7, 11) is 0.